The fourth-order valence-corrected chi connectivity index (χ4v) is 3.24. The van der Waals surface area contributed by atoms with Crippen LogP contribution < -0.4 is 11.0 Å². The first-order chi connectivity index (χ1) is 10.2. The van der Waals surface area contributed by atoms with Gasteiger partial charge >= 0.3 is 5.69 Å². The average Bonchev–Trinajstić information content (AvgIpc) is 2.99. The highest BCUT2D eigenvalue weighted by molar-refractivity contribution is 6.30. The molecule has 2 aromatic carbocycles. The third kappa shape index (κ3) is 2.32. The van der Waals surface area contributed by atoms with E-state index in [9.17, 15) is 4.79 Å². The van der Waals surface area contributed by atoms with Crippen LogP contribution in [0.4, 0.5) is 5.69 Å². The molecule has 0 aliphatic heterocycles. The van der Waals surface area contributed by atoms with Gasteiger partial charge in [-0.1, -0.05) is 17.7 Å². The van der Waals surface area contributed by atoms with E-state index in [4.69, 9.17) is 11.6 Å². The van der Waals surface area contributed by atoms with Crippen LogP contribution in [0.25, 0.3) is 11.0 Å². The van der Waals surface area contributed by atoms with E-state index in [0.717, 1.165) is 34.6 Å². The van der Waals surface area contributed by atoms with E-state index in [-0.39, 0.29) is 5.69 Å². The summed E-state index contributed by atoms with van der Waals surface area (Å²) in [6.45, 7) is 0. The predicted molar refractivity (Wildman–Crippen MR) is 85.2 cm³/mol. The molecular weight excluding hydrogens is 286 g/mol. The van der Waals surface area contributed by atoms with Crippen molar-refractivity contribution in [1.29, 1.82) is 0 Å². The maximum Gasteiger partial charge on any atom is 0.323 e. The van der Waals surface area contributed by atoms with Crippen molar-refractivity contribution in [1.82, 2.24) is 9.97 Å². The number of hydrogen-bond donors (Lipinski definition) is 3. The summed E-state index contributed by atoms with van der Waals surface area (Å²) in [7, 11) is 0. The summed E-state index contributed by atoms with van der Waals surface area (Å²) in [6, 6.07) is 12.3. The summed E-state index contributed by atoms with van der Waals surface area (Å²) in [5.74, 6) is 0. The maximum absolute atomic E-state index is 11.3. The molecule has 1 heterocycles. The van der Waals surface area contributed by atoms with Gasteiger partial charge in [-0.2, -0.15) is 0 Å². The lowest BCUT2D eigenvalue weighted by Gasteiger charge is -2.13. The summed E-state index contributed by atoms with van der Waals surface area (Å²) in [4.78, 5) is 16.8. The van der Waals surface area contributed by atoms with Crippen LogP contribution in [0, 0.1) is 0 Å². The normalized spacial score (nSPS) is 17.1. The van der Waals surface area contributed by atoms with Gasteiger partial charge in [-0.05, 0) is 54.3 Å². The highest BCUT2D eigenvalue weighted by Crippen LogP contribution is 2.27. The first-order valence-electron chi connectivity index (χ1n) is 6.93. The third-order valence-electron chi connectivity index (χ3n) is 3.99. The molecule has 0 saturated carbocycles. The smallest absolute Gasteiger partial charge is 0.323 e. The van der Waals surface area contributed by atoms with Crippen molar-refractivity contribution in [2.45, 2.75) is 18.9 Å². The second kappa shape index (κ2) is 4.67. The molecule has 0 radical (unpaired) electrons. The molecule has 0 amide bonds. The zero-order valence-electron chi connectivity index (χ0n) is 11.2. The predicted octanol–water partition coefficient (Wildman–Crippen LogP) is 3.09. The fraction of sp³-hybridized carbons (Fsp3) is 0.188. The molecule has 0 spiro atoms. The van der Waals surface area contributed by atoms with Gasteiger partial charge in [0, 0.05) is 16.8 Å². The van der Waals surface area contributed by atoms with Gasteiger partial charge in [0.25, 0.3) is 0 Å². The van der Waals surface area contributed by atoms with Gasteiger partial charge in [-0.15, -0.1) is 0 Å². The molecule has 1 atom stereocenters. The number of nitrogens with one attached hydrogen (secondary N) is 3. The van der Waals surface area contributed by atoms with E-state index in [0.29, 0.717) is 6.04 Å². The SMILES string of the molecule is O=c1[nH]c2ccc(NC3Cc4ccc(Cl)cc4C3)cc2[nH]1. The Morgan fingerprint density at radius 1 is 1.00 bits per heavy atom. The Bertz CT molecular complexity index is 881. The number of halogens is 1. The lowest BCUT2D eigenvalue weighted by atomic mass is 10.1. The Kier molecular flexibility index (Phi) is 2.79. The molecule has 3 aromatic rings. The van der Waals surface area contributed by atoms with Crippen molar-refractivity contribution in [3.05, 3.63) is 63.0 Å². The monoisotopic (exact) mass is 299 g/mol. The number of fused-ring (bicyclic) bond motifs is 2. The molecule has 3 N–H and O–H groups in total. The van der Waals surface area contributed by atoms with Gasteiger partial charge in [0.05, 0.1) is 11.0 Å². The number of benzene rings is 2. The third-order valence-corrected chi connectivity index (χ3v) is 4.22. The standard InChI is InChI=1S/C16H14ClN3O/c17-11-2-1-9-6-13(7-10(9)5-11)18-12-3-4-14-15(8-12)20-16(21)19-14/h1-5,8,13,18H,6-7H2,(H2,19,20,21). The van der Waals surface area contributed by atoms with Crippen molar-refractivity contribution in [3.63, 3.8) is 0 Å². The Morgan fingerprint density at radius 3 is 2.71 bits per heavy atom. The van der Waals surface area contributed by atoms with E-state index < -0.39 is 0 Å². The minimum atomic E-state index is -0.176. The molecule has 106 valence electrons. The molecule has 21 heavy (non-hydrogen) atoms. The highest BCUT2D eigenvalue weighted by Gasteiger charge is 2.21. The van der Waals surface area contributed by atoms with Crippen LogP contribution in [-0.4, -0.2) is 16.0 Å². The van der Waals surface area contributed by atoms with Crippen molar-refractivity contribution in [3.8, 4) is 0 Å². The van der Waals surface area contributed by atoms with Crippen LogP contribution in [0.2, 0.25) is 5.02 Å². The first-order valence-corrected chi connectivity index (χ1v) is 7.31. The number of H-pyrrole nitrogens is 2. The molecule has 1 aliphatic rings. The largest absolute Gasteiger partial charge is 0.382 e. The zero-order valence-corrected chi connectivity index (χ0v) is 12.0. The van der Waals surface area contributed by atoms with Crippen LogP contribution in [0.5, 0.6) is 0 Å². The van der Waals surface area contributed by atoms with Crippen LogP contribution in [0.1, 0.15) is 11.1 Å². The van der Waals surface area contributed by atoms with Gasteiger partial charge in [0.15, 0.2) is 0 Å². The number of rotatable bonds is 2. The second-order valence-electron chi connectivity index (χ2n) is 5.50. The summed E-state index contributed by atoms with van der Waals surface area (Å²) in [5, 5.41) is 4.32. The number of anilines is 1. The topological polar surface area (TPSA) is 60.7 Å². The van der Waals surface area contributed by atoms with Crippen LogP contribution in [0.15, 0.2) is 41.2 Å². The molecule has 4 rings (SSSR count). The van der Waals surface area contributed by atoms with Crippen LogP contribution >= 0.6 is 11.6 Å². The van der Waals surface area contributed by atoms with E-state index in [2.05, 4.69) is 21.4 Å². The van der Waals surface area contributed by atoms with Crippen molar-refractivity contribution < 1.29 is 0 Å². The maximum atomic E-state index is 11.3. The van der Waals surface area contributed by atoms with Gasteiger partial charge < -0.3 is 15.3 Å². The minimum absolute atomic E-state index is 0.176. The Labute approximate surface area is 126 Å². The molecule has 4 nitrogen and oxygen atoms in total. The Morgan fingerprint density at radius 2 is 1.81 bits per heavy atom. The quantitative estimate of drug-likeness (QED) is 0.681. The van der Waals surface area contributed by atoms with Gasteiger partial charge in [0.2, 0.25) is 0 Å². The summed E-state index contributed by atoms with van der Waals surface area (Å²) < 4.78 is 0. The zero-order chi connectivity index (χ0) is 14.4. The number of hydrogen-bond acceptors (Lipinski definition) is 2. The molecule has 0 fully saturated rings. The summed E-state index contributed by atoms with van der Waals surface area (Å²) in [6.07, 6.45) is 1.96. The number of aromatic amines is 2. The molecule has 5 heteroatoms. The molecular formula is C16H14ClN3O. The van der Waals surface area contributed by atoms with Crippen LogP contribution in [0.3, 0.4) is 0 Å². The Hall–Kier alpha value is -2.20. The van der Waals surface area contributed by atoms with E-state index in [1.54, 1.807) is 0 Å². The van der Waals surface area contributed by atoms with E-state index in [1.165, 1.54) is 11.1 Å². The average molecular weight is 300 g/mol. The first kappa shape index (κ1) is 12.5. The van der Waals surface area contributed by atoms with Gasteiger partial charge in [-0.25, -0.2) is 4.79 Å². The molecule has 0 bridgehead atoms. The second-order valence-corrected chi connectivity index (χ2v) is 5.94. The van der Waals surface area contributed by atoms with Crippen molar-refractivity contribution in [2.75, 3.05) is 5.32 Å². The molecule has 1 aromatic heterocycles. The summed E-state index contributed by atoms with van der Waals surface area (Å²) >= 11 is 6.04. The fourth-order valence-electron chi connectivity index (χ4n) is 3.05. The number of imidazole rings is 1. The van der Waals surface area contributed by atoms with Crippen molar-refractivity contribution >= 4 is 28.3 Å². The molecule has 1 aliphatic carbocycles. The van der Waals surface area contributed by atoms with Gasteiger partial charge in [0.1, 0.15) is 0 Å². The molecule has 0 saturated heterocycles. The summed E-state index contributed by atoms with van der Waals surface area (Å²) in [5.41, 5.74) is 5.16. The van der Waals surface area contributed by atoms with E-state index >= 15 is 0 Å². The molecule has 1 unspecified atom stereocenters. The highest BCUT2D eigenvalue weighted by atomic mass is 35.5. The number of aromatic nitrogens is 2. The Balaban J connectivity index is 1.57. The lowest BCUT2D eigenvalue weighted by Crippen LogP contribution is -2.19. The van der Waals surface area contributed by atoms with E-state index in [1.807, 2.05) is 30.3 Å². The van der Waals surface area contributed by atoms with Crippen LogP contribution in [-0.2, 0) is 12.8 Å². The van der Waals surface area contributed by atoms with Gasteiger partial charge in [-0.3, -0.25) is 0 Å². The lowest BCUT2D eigenvalue weighted by molar-refractivity contribution is 0.774. The minimum Gasteiger partial charge on any atom is -0.382 e. The van der Waals surface area contributed by atoms with Crippen molar-refractivity contribution in [2.24, 2.45) is 0 Å².